The molecule has 0 bridgehead atoms. The van der Waals surface area contributed by atoms with Gasteiger partial charge in [-0.15, -0.1) is 0 Å². The highest BCUT2D eigenvalue weighted by Crippen LogP contribution is 2.76. The Morgan fingerprint density at radius 3 is 2.70 bits per heavy atom. The molecule has 5 aliphatic carbocycles. The van der Waals surface area contributed by atoms with E-state index in [0.29, 0.717) is 41.0 Å². The average molecular weight is 391 g/mol. The van der Waals surface area contributed by atoms with E-state index in [1.807, 2.05) is 0 Å². The van der Waals surface area contributed by atoms with Crippen LogP contribution >= 0.6 is 11.6 Å². The number of fused-ring (bicyclic) bond motifs is 7. The minimum Gasteiger partial charge on any atom is -0.478 e. The van der Waals surface area contributed by atoms with Gasteiger partial charge in [0.15, 0.2) is 5.78 Å². The van der Waals surface area contributed by atoms with Crippen LogP contribution in [0.1, 0.15) is 51.9 Å². The Hall–Kier alpha value is -1.13. The molecule has 0 spiro atoms. The summed E-state index contributed by atoms with van der Waals surface area (Å²) in [6.45, 7) is 2.19. The first-order valence-corrected chi connectivity index (χ1v) is 10.7. The third-order valence-corrected chi connectivity index (χ3v) is 9.38. The van der Waals surface area contributed by atoms with Crippen LogP contribution in [-0.2, 0) is 9.59 Å². The summed E-state index contributed by atoms with van der Waals surface area (Å²) in [5.74, 6) is 1.82. The summed E-state index contributed by atoms with van der Waals surface area (Å²) in [6, 6.07) is 0. The number of carbonyl (C=O) groups excluding carboxylic acids is 1. The lowest BCUT2D eigenvalue weighted by atomic mass is 9.49. The number of aliphatic hydroxyl groups is 1. The minimum absolute atomic E-state index is 0.110. The summed E-state index contributed by atoms with van der Waals surface area (Å²) in [5.41, 5.74) is -0.0466. The molecule has 0 amide bonds. The lowest BCUT2D eigenvalue weighted by Crippen LogP contribution is -2.54. The molecule has 146 valence electrons. The van der Waals surface area contributed by atoms with Gasteiger partial charge < -0.3 is 10.2 Å². The highest BCUT2D eigenvalue weighted by molar-refractivity contribution is 6.43. The van der Waals surface area contributed by atoms with E-state index in [1.165, 1.54) is 5.57 Å². The van der Waals surface area contributed by atoms with E-state index in [1.54, 1.807) is 6.08 Å². The maximum Gasteiger partial charge on any atom is 0.328 e. The third kappa shape index (κ3) is 2.26. The van der Waals surface area contributed by atoms with Crippen molar-refractivity contribution in [2.24, 2.45) is 40.9 Å². The molecule has 0 aromatic rings. The number of carboxylic acid groups (broad SMARTS) is 1. The van der Waals surface area contributed by atoms with E-state index in [2.05, 4.69) is 6.92 Å². The number of aliphatic carboxylic acids is 1. The Kier molecular flexibility index (Phi) is 3.78. The van der Waals surface area contributed by atoms with Crippen LogP contribution in [0.5, 0.6) is 0 Å². The zero-order valence-electron chi connectivity index (χ0n) is 15.7. The second kappa shape index (κ2) is 5.70. The number of carbonyl (C=O) groups is 2. The van der Waals surface area contributed by atoms with Gasteiger partial charge in [0.1, 0.15) is 0 Å². The molecule has 4 nitrogen and oxygen atoms in total. The predicted molar refractivity (Wildman–Crippen MR) is 101 cm³/mol. The molecule has 0 radical (unpaired) electrons. The van der Waals surface area contributed by atoms with Crippen LogP contribution in [-0.4, -0.2) is 27.6 Å². The van der Waals surface area contributed by atoms with Gasteiger partial charge in [0.05, 0.1) is 10.6 Å². The standard InChI is InChI=1S/C22H27ClO4/c1-21-8-6-12-11-4-5-17(24)20(23)14(11)3-2-13(12)19(21)15-10-16(15)22(21,27)9-7-18(25)26/h7,9,11-13,15-16,19,27H,2-6,8,10H2,1H3,(H,25,26)/b9-7-/t11-,12-,13-,15+,16-,19-,21+,22+/m1/s1. The molecule has 8 atom stereocenters. The van der Waals surface area contributed by atoms with Crippen molar-refractivity contribution in [1.82, 2.24) is 0 Å². The fourth-order valence-electron chi connectivity index (χ4n) is 7.79. The summed E-state index contributed by atoms with van der Waals surface area (Å²) < 4.78 is 0. The van der Waals surface area contributed by atoms with Crippen molar-refractivity contribution >= 4 is 23.4 Å². The summed E-state index contributed by atoms with van der Waals surface area (Å²) in [4.78, 5) is 23.1. The molecule has 0 heterocycles. The Morgan fingerprint density at radius 2 is 1.96 bits per heavy atom. The van der Waals surface area contributed by atoms with E-state index in [9.17, 15) is 14.7 Å². The predicted octanol–water partition coefficient (Wildman–Crippen LogP) is 3.92. The van der Waals surface area contributed by atoms with E-state index < -0.39 is 11.6 Å². The molecule has 0 unspecified atom stereocenters. The van der Waals surface area contributed by atoms with Crippen LogP contribution in [0.25, 0.3) is 0 Å². The highest BCUT2D eigenvalue weighted by Gasteiger charge is 2.74. The molecule has 4 saturated carbocycles. The molecule has 0 aliphatic heterocycles. The largest absolute Gasteiger partial charge is 0.478 e. The van der Waals surface area contributed by atoms with Gasteiger partial charge in [-0.1, -0.05) is 18.5 Å². The number of rotatable bonds is 2. The fraction of sp³-hybridized carbons (Fsp3) is 0.727. The zero-order valence-corrected chi connectivity index (χ0v) is 16.4. The second-order valence-corrected chi connectivity index (χ2v) is 10.1. The molecule has 5 rings (SSSR count). The SMILES string of the molecule is C[C@]12CC[C@H]3[C@@H](CCC4=C(Cl)C(=O)CC[C@@H]43)[C@@H]1[C@H]1C[C@H]1[C@@]2(O)/C=C\C(=O)O. The molecule has 0 saturated heterocycles. The van der Waals surface area contributed by atoms with Crippen LogP contribution in [0.2, 0.25) is 0 Å². The molecular formula is C22H27ClO4. The van der Waals surface area contributed by atoms with Crippen LogP contribution in [0.3, 0.4) is 0 Å². The molecular weight excluding hydrogens is 364 g/mol. The molecule has 5 aliphatic rings. The fourth-order valence-corrected chi connectivity index (χ4v) is 8.12. The van der Waals surface area contributed by atoms with Crippen molar-refractivity contribution in [3.8, 4) is 0 Å². The average Bonchev–Trinajstić information content (AvgIpc) is 3.39. The van der Waals surface area contributed by atoms with Gasteiger partial charge in [0.2, 0.25) is 0 Å². The van der Waals surface area contributed by atoms with Crippen molar-refractivity contribution in [3.05, 3.63) is 22.8 Å². The third-order valence-electron chi connectivity index (χ3n) is 8.93. The number of Topliss-reactive ketones (excluding diaryl/α,β-unsaturated/α-hetero) is 1. The summed E-state index contributed by atoms with van der Waals surface area (Å²) >= 11 is 6.39. The number of hydrogen-bond donors (Lipinski definition) is 2. The molecule has 27 heavy (non-hydrogen) atoms. The number of allylic oxidation sites excluding steroid dienone is 1. The van der Waals surface area contributed by atoms with Crippen molar-refractivity contribution in [2.45, 2.75) is 57.5 Å². The normalized spacial score (nSPS) is 50.9. The van der Waals surface area contributed by atoms with Crippen LogP contribution in [0, 0.1) is 40.9 Å². The van der Waals surface area contributed by atoms with Crippen LogP contribution in [0.15, 0.2) is 22.8 Å². The van der Waals surface area contributed by atoms with Gasteiger partial charge >= 0.3 is 5.97 Å². The van der Waals surface area contributed by atoms with E-state index in [4.69, 9.17) is 16.7 Å². The molecule has 2 N–H and O–H groups in total. The Morgan fingerprint density at radius 1 is 1.19 bits per heavy atom. The topological polar surface area (TPSA) is 74.6 Å². The van der Waals surface area contributed by atoms with Crippen molar-refractivity contribution in [2.75, 3.05) is 0 Å². The van der Waals surface area contributed by atoms with E-state index in [-0.39, 0.29) is 17.1 Å². The van der Waals surface area contributed by atoms with Gasteiger partial charge in [-0.2, -0.15) is 0 Å². The first-order chi connectivity index (χ1) is 12.8. The van der Waals surface area contributed by atoms with E-state index in [0.717, 1.165) is 44.6 Å². The summed E-state index contributed by atoms with van der Waals surface area (Å²) in [6.07, 6.45) is 9.13. The lowest BCUT2D eigenvalue weighted by molar-refractivity contribution is -0.132. The Balaban J connectivity index is 1.49. The quantitative estimate of drug-likeness (QED) is 0.701. The second-order valence-electron chi connectivity index (χ2n) is 9.76. The van der Waals surface area contributed by atoms with Gasteiger partial charge in [0, 0.05) is 17.9 Å². The van der Waals surface area contributed by atoms with E-state index >= 15 is 0 Å². The van der Waals surface area contributed by atoms with Crippen LogP contribution in [0.4, 0.5) is 0 Å². The minimum atomic E-state index is -0.998. The molecule has 0 aromatic heterocycles. The van der Waals surface area contributed by atoms with Crippen molar-refractivity contribution < 1.29 is 19.8 Å². The number of carboxylic acids is 1. The smallest absolute Gasteiger partial charge is 0.328 e. The number of hydrogen-bond acceptors (Lipinski definition) is 3. The van der Waals surface area contributed by atoms with Crippen molar-refractivity contribution in [1.29, 1.82) is 0 Å². The summed E-state index contributed by atoms with van der Waals surface area (Å²) in [5, 5.41) is 21.2. The first kappa shape index (κ1) is 17.9. The van der Waals surface area contributed by atoms with Gasteiger partial charge in [-0.25, -0.2) is 4.79 Å². The van der Waals surface area contributed by atoms with Crippen molar-refractivity contribution in [3.63, 3.8) is 0 Å². The first-order valence-electron chi connectivity index (χ1n) is 10.3. The molecule has 5 heteroatoms. The Bertz CT molecular complexity index is 785. The summed E-state index contributed by atoms with van der Waals surface area (Å²) in [7, 11) is 0. The van der Waals surface area contributed by atoms with Crippen LogP contribution < -0.4 is 0 Å². The molecule has 4 fully saturated rings. The van der Waals surface area contributed by atoms with Gasteiger partial charge in [0.25, 0.3) is 0 Å². The van der Waals surface area contributed by atoms with Gasteiger partial charge in [-0.05, 0) is 85.7 Å². The van der Waals surface area contributed by atoms with Gasteiger partial charge in [-0.3, -0.25) is 4.79 Å². The monoisotopic (exact) mass is 390 g/mol. The zero-order chi connectivity index (χ0) is 19.1. The highest BCUT2D eigenvalue weighted by atomic mass is 35.5. The maximum atomic E-state index is 12.0. The molecule has 0 aromatic carbocycles. The number of halogens is 1. The number of ketones is 1. The maximum absolute atomic E-state index is 12.0. The Labute approximate surface area is 164 Å². The lowest BCUT2D eigenvalue weighted by Gasteiger charge is -2.56.